The number of carbonyl (C=O) groups excluding carboxylic acids is 3. The number of ether oxygens (including phenoxy) is 2. The molecule has 0 spiro atoms. The summed E-state index contributed by atoms with van der Waals surface area (Å²) in [7, 11) is 0. The molecule has 8 heteroatoms. The summed E-state index contributed by atoms with van der Waals surface area (Å²) in [5.41, 5.74) is 2.76. The average molecular weight is 454 g/mol. The van der Waals surface area contributed by atoms with E-state index >= 15 is 0 Å². The Morgan fingerprint density at radius 3 is 2.58 bits per heavy atom. The van der Waals surface area contributed by atoms with Gasteiger partial charge in [-0.15, -0.1) is 0 Å². The number of para-hydroxylation sites is 2. The molecule has 1 saturated heterocycles. The van der Waals surface area contributed by atoms with Crippen LogP contribution in [0.2, 0.25) is 0 Å². The third-order valence-electron chi connectivity index (χ3n) is 6.33. The lowest BCUT2D eigenvalue weighted by molar-refractivity contribution is -0.139. The second kappa shape index (κ2) is 9.68. The first-order chi connectivity index (χ1) is 15.9. The summed E-state index contributed by atoms with van der Waals surface area (Å²) < 4.78 is 11.2. The molecule has 2 aromatic rings. The van der Waals surface area contributed by atoms with Crippen LogP contribution in [0.3, 0.4) is 0 Å². The first-order valence-electron chi connectivity index (χ1n) is 11.6. The van der Waals surface area contributed by atoms with Crippen molar-refractivity contribution in [3.63, 3.8) is 0 Å². The monoisotopic (exact) mass is 453 g/mol. The number of amides is 1. The Hall–Kier alpha value is -3.29. The zero-order valence-corrected chi connectivity index (χ0v) is 19.5. The summed E-state index contributed by atoms with van der Waals surface area (Å²) >= 11 is 0. The molecule has 3 heterocycles. The maximum Gasteiger partial charge on any atom is 0.340 e. The highest BCUT2D eigenvalue weighted by Gasteiger charge is 2.35. The number of fused-ring (bicyclic) bond motifs is 1. The molecule has 1 unspecified atom stereocenters. The van der Waals surface area contributed by atoms with Crippen molar-refractivity contribution in [2.75, 3.05) is 37.7 Å². The molecule has 1 aromatic heterocycles. The molecule has 0 radical (unpaired) electrons. The minimum Gasteiger partial charge on any atom is -0.477 e. The summed E-state index contributed by atoms with van der Waals surface area (Å²) in [6, 6.07) is 7.46. The van der Waals surface area contributed by atoms with Crippen LogP contribution in [0.5, 0.6) is 5.75 Å². The van der Waals surface area contributed by atoms with Crippen LogP contribution >= 0.6 is 0 Å². The van der Waals surface area contributed by atoms with Gasteiger partial charge >= 0.3 is 5.97 Å². The molecule has 1 fully saturated rings. The van der Waals surface area contributed by atoms with Crippen LogP contribution in [-0.2, 0) is 9.53 Å². The number of aryl methyl sites for hydroxylation is 1. The van der Waals surface area contributed by atoms with Crippen LogP contribution in [-0.4, -0.2) is 66.4 Å². The second-order valence-electron chi connectivity index (χ2n) is 8.61. The number of nitrogens with one attached hydrogen (secondary N) is 1. The number of piperidine rings is 1. The predicted molar refractivity (Wildman–Crippen MR) is 124 cm³/mol. The Balaban J connectivity index is 1.56. The number of aromatic nitrogens is 1. The molecule has 176 valence electrons. The minimum atomic E-state index is -0.660. The summed E-state index contributed by atoms with van der Waals surface area (Å²) in [5.74, 6) is -0.0320. The van der Waals surface area contributed by atoms with Gasteiger partial charge in [-0.2, -0.15) is 0 Å². The van der Waals surface area contributed by atoms with Gasteiger partial charge in [-0.3, -0.25) is 9.59 Å². The van der Waals surface area contributed by atoms with Gasteiger partial charge in [-0.25, -0.2) is 4.79 Å². The number of aromatic amines is 1. The molecule has 8 nitrogen and oxygen atoms in total. The Kier molecular flexibility index (Phi) is 6.72. The number of benzene rings is 1. The lowest BCUT2D eigenvalue weighted by atomic mass is 10.1. The molecule has 1 N–H and O–H groups in total. The van der Waals surface area contributed by atoms with Gasteiger partial charge in [0.05, 0.1) is 36.6 Å². The first-order valence-corrected chi connectivity index (χ1v) is 11.6. The highest BCUT2D eigenvalue weighted by Crippen LogP contribution is 2.34. The molecule has 1 amide bonds. The van der Waals surface area contributed by atoms with Crippen molar-refractivity contribution in [1.29, 1.82) is 0 Å². The number of carbonyl (C=O) groups is 3. The highest BCUT2D eigenvalue weighted by molar-refractivity contribution is 6.03. The largest absolute Gasteiger partial charge is 0.477 e. The van der Waals surface area contributed by atoms with Crippen LogP contribution in [0.4, 0.5) is 5.69 Å². The fourth-order valence-electron chi connectivity index (χ4n) is 4.69. The van der Waals surface area contributed by atoms with E-state index in [1.54, 1.807) is 20.8 Å². The maximum atomic E-state index is 13.3. The Bertz CT molecular complexity index is 1050. The molecule has 0 saturated carbocycles. The van der Waals surface area contributed by atoms with E-state index < -0.39 is 12.1 Å². The number of rotatable bonds is 6. The van der Waals surface area contributed by atoms with Gasteiger partial charge in [0.15, 0.2) is 11.9 Å². The standard InChI is InChI=1S/C25H31N3O5/c1-4-32-25(31)22-16(2)23(26-17(22)3)19(29)14-28-15-21(24(30)27-12-8-5-9-13-27)33-20-11-7-6-10-18(20)28/h6-7,10-11,21,26H,4-5,8-9,12-15H2,1-3H3. The lowest BCUT2D eigenvalue weighted by Crippen LogP contribution is -2.52. The van der Waals surface area contributed by atoms with Crippen molar-refractivity contribution < 1.29 is 23.9 Å². The smallest absolute Gasteiger partial charge is 0.340 e. The van der Waals surface area contributed by atoms with Crippen LogP contribution in [0, 0.1) is 13.8 Å². The first kappa shape index (κ1) is 22.9. The third-order valence-corrected chi connectivity index (χ3v) is 6.33. The number of ketones is 1. The molecular weight excluding hydrogens is 422 g/mol. The van der Waals surface area contributed by atoms with E-state index in [4.69, 9.17) is 9.47 Å². The van der Waals surface area contributed by atoms with E-state index in [1.807, 2.05) is 34.1 Å². The Morgan fingerprint density at radius 2 is 1.85 bits per heavy atom. The molecule has 2 aliphatic heterocycles. The number of anilines is 1. The van der Waals surface area contributed by atoms with Crippen LogP contribution in [0.1, 0.15) is 58.3 Å². The van der Waals surface area contributed by atoms with E-state index in [2.05, 4.69) is 4.98 Å². The van der Waals surface area contributed by atoms with E-state index in [1.165, 1.54) is 0 Å². The zero-order valence-electron chi connectivity index (χ0n) is 19.5. The van der Waals surface area contributed by atoms with Gasteiger partial charge in [0, 0.05) is 18.8 Å². The maximum absolute atomic E-state index is 13.3. The average Bonchev–Trinajstić information content (AvgIpc) is 3.13. The van der Waals surface area contributed by atoms with Gasteiger partial charge in [0.1, 0.15) is 5.75 Å². The van der Waals surface area contributed by atoms with Crippen molar-refractivity contribution in [2.45, 2.75) is 46.1 Å². The lowest BCUT2D eigenvalue weighted by Gasteiger charge is -2.38. The Labute approximate surface area is 193 Å². The molecule has 33 heavy (non-hydrogen) atoms. The zero-order chi connectivity index (χ0) is 23.5. The number of hydrogen-bond donors (Lipinski definition) is 1. The molecule has 1 atom stereocenters. The molecule has 4 rings (SSSR count). The highest BCUT2D eigenvalue weighted by atomic mass is 16.5. The van der Waals surface area contributed by atoms with Crippen LogP contribution in [0.25, 0.3) is 0 Å². The third kappa shape index (κ3) is 4.60. The van der Waals surface area contributed by atoms with Crippen molar-refractivity contribution >= 4 is 23.3 Å². The second-order valence-corrected chi connectivity index (χ2v) is 8.61. The normalized spacial score (nSPS) is 17.8. The van der Waals surface area contributed by atoms with Gasteiger partial charge in [-0.05, 0) is 57.7 Å². The minimum absolute atomic E-state index is 0.0295. The van der Waals surface area contributed by atoms with Crippen molar-refractivity contribution in [3.05, 3.63) is 46.8 Å². The summed E-state index contributed by atoms with van der Waals surface area (Å²) in [6.45, 7) is 7.37. The molecule has 0 bridgehead atoms. The van der Waals surface area contributed by atoms with E-state index in [0.717, 1.165) is 38.0 Å². The quantitative estimate of drug-likeness (QED) is 0.533. The molecule has 1 aromatic carbocycles. The summed E-state index contributed by atoms with van der Waals surface area (Å²) in [5, 5.41) is 0. The molecule has 0 aliphatic carbocycles. The number of likely N-dealkylation sites (tertiary alicyclic amines) is 1. The SMILES string of the molecule is CCOC(=O)c1c(C)[nH]c(C(=O)CN2CC(C(=O)N3CCCCC3)Oc3ccccc32)c1C. The molecule has 2 aliphatic rings. The van der Waals surface area contributed by atoms with Crippen LogP contribution < -0.4 is 9.64 Å². The summed E-state index contributed by atoms with van der Waals surface area (Å²) in [4.78, 5) is 45.6. The predicted octanol–water partition coefficient (Wildman–Crippen LogP) is 3.27. The van der Waals surface area contributed by atoms with Gasteiger partial charge in [0.25, 0.3) is 5.91 Å². The van der Waals surface area contributed by atoms with E-state index in [-0.39, 0.29) is 24.8 Å². The fourth-order valence-corrected chi connectivity index (χ4v) is 4.69. The molecular formula is C25H31N3O5. The Morgan fingerprint density at radius 1 is 1.12 bits per heavy atom. The van der Waals surface area contributed by atoms with E-state index in [0.29, 0.717) is 34.8 Å². The number of Topliss-reactive ketones (excluding diaryl/α,β-unsaturated/α-hetero) is 1. The van der Waals surface area contributed by atoms with Gasteiger partial charge in [0.2, 0.25) is 0 Å². The number of nitrogens with zero attached hydrogens (tertiary/aromatic N) is 2. The van der Waals surface area contributed by atoms with Gasteiger partial charge < -0.3 is 24.3 Å². The van der Waals surface area contributed by atoms with Crippen molar-refractivity contribution in [1.82, 2.24) is 9.88 Å². The number of esters is 1. The summed E-state index contributed by atoms with van der Waals surface area (Å²) in [6.07, 6.45) is 2.49. The number of H-pyrrole nitrogens is 1. The fraction of sp³-hybridized carbons (Fsp3) is 0.480. The topological polar surface area (TPSA) is 91.9 Å². The van der Waals surface area contributed by atoms with E-state index in [9.17, 15) is 14.4 Å². The van der Waals surface area contributed by atoms with Crippen molar-refractivity contribution in [3.8, 4) is 5.75 Å². The van der Waals surface area contributed by atoms with Crippen LogP contribution in [0.15, 0.2) is 24.3 Å². The van der Waals surface area contributed by atoms with Gasteiger partial charge in [-0.1, -0.05) is 12.1 Å². The van der Waals surface area contributed by atoms with Crippen molar-refractivity contribution in [2.24, 2.45) is 0 Å². The number of hydrogen-bond acceptors (Lipinski definition) is 6.